The summed E-state index contributed by atoms with van der Waals surface area (Å²) in [6.07, 6.45) is 1.31. The van der Waals surface area contributed by atoms with E-state index in [-0.39, 0.29) is 24.4 Å². The molecule has 1 amide bonds. The summed E-state index contributed by atoms with van der Waals surface area (Å²) in [4.78, 5) is 13.7. The van der Waals surface area contributed by atoms with E-state index in [1.807, 2.05) is 23.1 Å². The lowest BCUT2D eigenvalue weighted by Gasteiger charge is -2.15. The Morgan fingerprint density at radius 1 is 1.53 bits per heavy atom. The monoisotopic (exact) mass is 274 g/mol. The number of hydrogen-bond donors (Lipinski definition) is 1. The van der Waals surface area contributed by atoms with Gasteiger partial charge < -0.3 is 10.6 Å². The molecule has 0 aromatic heterocycles. The summed E-state index contributed by atoms with van der Waals surface area (Å²) < 4.78 is 0. The molecule has 0 unspecified atom stereocenters. The Balaban J connectivity index is 0.00000144. The second-order valence-electron chi connectivity index (χ2n) is 4.20. The molecule has 0 saturated carbocycles. The number of benzene rings is 1. The third kappa shape index (κ3) is 3.87. The van der Waals surface area contributed by atoms with Gasteiger partial charge in [0.1, 0.15) is 0 Å². The van der Waals surface area contributed by atoms with Crippen molar-refractivity contribution in [2.24, 2.45) is 5.73 Å². The number of nitrogens with zero attached hydrogens (tertiary/aromatic N) is 1. The lowest BCUT2D eigenvalue weighted by molar-refractivity contribution is -0.129. The highest BCUT2D eigenvalue weighted by Gasteiger charge is 2.23. The molecule has 1 aromatic rings. The normalized spacial score (nSPS) is 18.9. The number of carbonyl (C=O) groups is 1. The zero-order valence-corrected chi connectivity index (χ0v) is 11.0. The van der Waals surface area contributed by atoms with Crippen molar-refractivity contribution in [3.8, 4) is 0 Å². The first-order chi connectivity index (χ1) is 7.65. The van der Waals surface area contributed by atoms with Gasteiger partial charge >= 0.3 is 0 Å². The highest BCUT2D eigenvalue weighted by Crippen LogP contribution is 2.14. The highest BCUT2D eigenvalue weighted by molar-refractivity contribution is 6.30. The largest absolute Gasteiger partial charge is 0.341 e. The maximum atomic E-state index is 11.9. The molecular formula is C12H16Cl2N2O. The van der Waals surface area contributed by atoms with Crippen molar-refractivity contribution in [3.63, 3.8) is 0 Å². The molecule has 94 valence electrons. The fraction of sp³-hybridized carbons (Fsp3) is 0.417. The molecule has 1 aliphatic heterocycles. The maximum absolute atomic E-state index is 11.9. The first kappa shape index (κ1) is 14.3. The average molecular weight is 275 g/mol. The van der Waals surface area contributed by atoms with E-state index in [1.54, 1.807) is 6.07 Å². The van der Waals surface area contributed by atoms with Crippen LogP contribution in [0.15, 0.2) is 24.3 Å². The van der Waals surface area contributed by atoms with E-state index < -0.39 is 0 Å². The standard InChI is InChI=1S/C12H15ClN2O.ClH/c13-10-3-1-2-9(6-10)7-12(16)15-5-4-11(14)8-15;/h1-3,6,11H,4-5,7-8,14H2;1H/t11-;/m1./s1. The Morgan fingerprint density at radius 2 is 2.29 bits per heavy atom. The molecule has 5 heteroatoms. The number of amides is 1. The molecule has 2 N–H and O–H groups in total. The molecule has 17 heavy (non-hydrogen) atoms. The number of carbonyl (C=O) groups excluding carboxylic acids is 1. The maximum Gasteiger partial charge on any atom is 0.227 e. The Hall–Kier alpha value is -0.770. The highest BCUT2D eigenvalue weighted by atomic mass is 35.5. The summed E-state index contributed by atoms with van der Waals surface area (Å²) >= 11 is 5.87. The van der Waals surface area contributed by atoms with Gasteiger partial charge in [0.15, 0.2) is 0 Å². The minimum Gasteiger partial charge on any atom is -0.341 e. The van der Waals surface area contributed by atoms with Crippen molar-refractivity contribution >= 4 is 29.9 Å². The molecule has 1 heterocycles. The van der Waals surface area contributed by atoms with Gasteiger partial charge in [-0.2, -0.15) is 0 Å². The molecule has 1 aromatic carbocycles. The molecule has 0 spiro atoms. The molecule has 2 rings (SSSR count). The molecular weight excluding hydrogens is 259 g/mol. The number of halogens is 2. The fourth-order valence-electron chi connectivity index (χ4n) is 1.95. The van der Waals surface area contributed by atoms with E-state index in [1.165, 1.54) is 0 Å². The van der Waals surface area contributed by atoms with Crippen molar-refractivity contribution in [1.82, 2.24) is 4.90 Å². The van der Waals surface area contributed by atoms with Crippen molar-refractivity contribution in [3.05, 3.63) is 34.9 Å². The Labute approximate surface area is 112 Å². The third-order valence-electron chi connectivity index (χ3n) is 2.82. The average Bonchev–Trinajstić information content (AvgIpc) is 2.65. The first-order valence-electron chi connectivity index (χ1n) is 5.43. The first-order valence-corrected chi connectivity index (χ1v) is 5.81. The summed E-state index contributed by atoms with van der Waals surface area (Å²) in [7, 11) is 0. The van der Waals surface area contributed by atoms with Crippen LogP contribution in [0.2, 0.25) is 5.02 Å². The minimum atomic E-state index is 0. The van der Waals surface area contributed by atoms with Crippen LogP contribution in [-0.4, -0.2) is 29.9 Å². The van der Waals surface area contributed by atoms with Gasteiger partial charge in [0, 0.05) is 24.2 Å². The zero-order chi connectivity index (χ0) is 11.5. The van der Waals surface area contributed by atoms with Gasteiger partial charge in [-0.3, -0.25) is 4.79 Å². The van der Waals surface area contributed by atoms with Gasteiger partial charge in [-0.05, 0) is 24.1 Å². The number of likely N-dealkylation sites (tertiary alicyclic amines) is 1. The van der Waals surface area contributed by atoms with E-state index in [4.69, 9.17) is 17.3 Å². The topological polar surface area (TPSA) is 46.3 Å². The SMILES string of the molecule is Cl.N[C@@H]1CCN(C(=O)Cc2cccc(Cl)c2)C1. The van der Waals surface area contributed by atoms with Gasteiger partial charge in [-0.25, -0.2) is 0 Å². The summed E-state index contributed by atoms with van der Waals surface area (Å²) in [5, 5.41) is 0.670. The van der Waals surface area contributed by atoms with Crippen molar-refractivity contribution in [1.29, 1.82) is 0 Å². The van der Waals surface area contributed by atoms with Crippen molar-refractivity contribution in [2.75, 3.05) is 13.1 Å². The van der Waals surface area contributed by atoms with E-state index in [0.29, 0.717) is 18.0 Å². The molecule has 0 radical (unpaired) electrons. The number of hydrogen-bond acceptors (Lipinski definition) is 2. The number of nitrogens with two attached hydrogens (primary N) is 1. The molecule has 0 aliphatic carbocycles. The van der Waals surface area contributed by atoms with Gasteiger partial charge in [0.25, 0.3) is 0 Å². The van der Waals surface area contributed by atoms with Gasteiger partial charge in [0.2, 0.25) is 5.91 Å². The molecule has 0 bridgehead atoms. The van der Waals surface area contributed by atoms with E-state index >= 15 is 0 Å². The van der Waals surface area contributed by atoms with Crippen LogP contribution in [0.1, 0.15) is 12.0 Å². The third-order valence-corrected chi connectivity index (χ3v) is 3.06. The van der Waals surface area contributed by atoms with E-state index in [2.05, 4.69) is 0 Å². The summed E-state index contributed by atoms with van der Waals surface area (Å²) in [5.41, 5.74) is 6.72. The van der Waals surface area contributed by atoms with E-state index in [0.717, 1.165) is 18.5 Å². The van der Waals surface area contributed by atoms with E-state index in [9.17, 15) is 4.79 Å². The van der Waals surface area contributed by atoms with Crippen LogP contribution in [-0.2, 0) is 11.2 Å². The molecule has 1 atom stereocenters. The van der Waals surface area contributed by atoms with Crippen molar-refractivity contribution in [2.45, 2.75) is 18.9 Å². The summed E-state index contributed by atoms with van der Waals surface area (Å²) in [6, 6.07) is 7.56. The molecule has 1 fully saturated rings. The predicted octanol–water partition coefficient (Wildman–Crippen LogP) is 1.86. The van der Waals surface area contributed by atoms with Gasteiger partial charge in [-0.15, -0.1) is 12.4 Å². The Morgan fingerprint density at radius 3 is 2.88 bits per heavy atom. The lowest BCUT2D eigenvalue weighted by atomic mass is 10.1. The molecule has 1 saturated heterocycles. The van der Waals surface area contributed by atoms with Crippen molar-refractivity contribution < 1.29 is 4.79 Å². The van der Waals surface area contributed by atoms with Crippen LogP contribution in [0.25, 0.3) is 0 Å². The fourth-order valence-corrected chi connectivity index (χ4v) is 2.16. The smallest absolute Gasteiger partial charge is 0.227 e. The molecule has 3 nitrogen and oxygen atoms in total. The summed E-state index contributed by atoms with van der Waals surface area (Å²) in [6.45, 7) is 1.46. The van der Waals surface area contributed by atoms with Crippen LogP contribution in [0, 0.1) is 0 Å². The van der Waals surface area contributed by atoms with Gasteiger partial charge in [-0.1, -0.05) is 23.7 Å². The second-order valence-corrected chi connectivity index (χ2v) is 4.63. The predicted molar refractivity (Wildman–Crippen MR) is 71.6 cm³/mol. The van der Waals surface area contributed by atoms with Crippen LogP contribution < -0.4 is 5.73 Å². The Kier molecular flexibility index (Phi) is 5.25. The van der Waals surface area contributed by atoms with Crippen LogP contribution in [0.5, 0.6) is 0 Å². The number of rotatable bonds is 2. The molecule has 1 aliphatic rings. The van der Waals surface area contributed by atoms with Crippen LogP contribution in [0.4, 0.5) is 0 Å². The quantitative estimate of drug-likeness (QED) is 0.895. The van der Waals surface area contributed by atoms with Crippen LogP contribution >= 0.6 is 24.0 Å². The second kappa shape index (κ2) is 6.24. The van der Waals surface area contributed by atoms with Gasteiger partial charge in [0.05, 0.1) is 6.42 Å². The summed E-state index contributed by atoms with van der Waals surface area (Å²) in [5.74, 6) is 0.134. The lowest BCUT2D eigenvalue weighted by Crippen LogP contribution is -2.32. The minimum absolute atomic E-state index is 0. The van der Waals surface area contributed by atoms with Crippen LogP contribution in [0.3, 0.4) is 0 Å². The Bertz CT molecular complexity index is 398. The zero-order valence-electron chi connectivity index (χ0n) is 9.43.